The van der Waals surface area contributed by atoms with E-state index >= 15 is 0 Å². The summed E-state index contributed by atoms with van der Waals surface area (Å²) < 4.78 is 10.9. The Morgan fingerprint density at radius 3 is 2.95 bits per heavy atom. The van der Waals surface area contributed by atoms with Crippen LogP contribution >= 0.6 is 0 Å². The van der Waals surface area contributed by atoms with Gasteiger partial charge in [-0.15, -0.1) is 0 Å². The summed E-state index contributed by atoms with van der Waals surface area (Å²) in [5, 5.41) is 9.17. The molecule has 0 bridgehead atoms. The molecule has 9 heteroatoms. The highest BCUT2D eigenvalue weighted by atomic mass is 16.5. The van der Waals surface area contributed by atoms with Gasteiger partial charge in [-0.25, -0.2) is 5.84 Å². The lowest BCUT2D eigenvalue weighted by molar-refractivity contribution is 0.00309. The molecule has 1 aliphatic heterocycles. The monoisotopic (exact) mass is 284 g/mol. The summed E-state index contributed by atoms with van der Waals surface area (Å²) in [6.07, 6.45) is -0.296. The van der Waals surface area contributed by atoms with E-state index in [0.29, 0.717) is 25.6 Å². The number of hydrogen-bond donors (Lipinski definition) is 3. The van der Waals surface area contributed by atoms with Crippen LogP contribution in [0.25, 0.3) is 0 Å². The van der Waals surface area contributed by atoms with Gasteiger partial charge >= 0.3 is 6.01 Å². The maximum absolute atomic E-state index is 9.17. The van der Waals surface area contributed by atoms with Crippen LogP contribution in [0.2, 0.25) is 0 Å². The average molecular weight is 284 g/mol. The molecule has 4 N–H and O–H groups in total. The maximum Gasteiger partial charge on any atom is 0.323 e. The minimum Gasteiger partial charge on any atom is -0.461 e. The lowest BCUT2D eigenvalue weighted by Gasteiger charge is -2.32. The number of ether oxygens (including phenoxy) is 2. The Kier molecular flexibility index (Phi) is 4.88. The topological polar surface area (TPSA) is 119 Å². The molecular formula is C11H20N6O3. The van der Waals surface area contributed by atoms with Crippen molar-refractivity contribution in [1.82, 2.24) is 15.0 Å². The lowest BCUT2D eigenvalue weighted by atomic mass is 10.3. The van der Waals surface area contributed by atoms with E-state index in [0.717, 1.165) is 0 Å². The molecule has 2 rings (SSSR count). The molecule has 1 fully saturated rings. The fraction of sp³-hybridized carbons (Fsp3) is 0.727. The van der Waals surface area contributed by atoms with E-state index in [-0.39, 0.29) is 30.8 Å². The number of morpholine rings is 1. The second-order valence-corrected chi connectivity index (χ2v) is 4.67. The van der Waals surface area contributed by atoms with Crippen LogP contribution in [0, 0.1) is 0 Å². The summed E-state index contributed by atoms with van der Waals surface area (Å²) in [5.41, 5.74) is 2.40. The number of hydrazine groups is 1. The molecule has 0 saturated carbocycles. The van der Waals surface area contributed by atoms with Gasteiger partial charge in [0.15, 0.2) is 0 Å². The van der Waals surface area contributed by atoms with E-state index in [9.17, 15) is 0 Å². The first-order valence-electron chi connectivity index (χ1n) is 6.49. The molecule has 1 unspecified atom stereocenters. The normalized spacial score (nSPS) is 19.2. The number of aromatic nitrogens is 3. The van der Waals surface area contributed by atoms with Gasteiger partial charge in [0.25, 0.3) is 0 Å². The Morgan fingerprint density at radius 2 is 2.30 bits per heavy atom. The molecule has 1 atom stereocenters. The van der Waals surface area contributed by atoms with E-state index in [2.05, 4.69) is 20.4 Å². The highest BCUT2D eigenvalue weighted by Crippen LogP contribution is 2.18. The van der Waals surface area contributed by atoms with Gasteiger partial charge in [-0.2, -0.15) is 15.0 Å². The summed E-state index contributed by atoms with van der Waals surface area (Å²) in [7, 11) is 0. The van der Waals surface area contributed by atoms with Gasteiger partial charge < -0.3 is 19.5 Å². The third kappa shape index (κ3) is 3.65. The van der Waals surface area contributed by atoms with Crippen molar-refractivity contribution in [3.63, 3.8) is 0 Å². The molecule has 0 spiro atoms. The largest absolute Gasteiger partial charge is 0.461 e. The number of rotatable bonds is 5. The third-order valence-corrected chi connectivity index (χ3v) is 2.70. The third-order valence-electron chi connectivity index (χ3n) is 2.70. The number of hydrogen-bond acceptors (Lipinski definition) is 9. The zero-order valence-corrected chi connectivity index (χ0v) is 11.6. The van der Waals surface area contributed by atoms with Crippen molar-refractivity contribution in [2.75, 3.05) is 36.6 Å². The molecule has 112 valence electrons. The first kappa shape index (κ1) is 14.7. The van der Waals surface area contributed by atoms with E-state index in [1.165, 1.54) is 0 Å². The number of nitrogens with one attached hydrogen (secondary N) is 1. The highest BCUT2D eigenvalue weighted by Gasteiger charge is 2.23. The summed E-state index contributed by atoms with van der Waals surface area (Å²) in [4.78, 5) is 14.4. The quantitative estimate of drug-likeness (QED) is 0.469. The van der Waals surface area contributed by atoms with E-state index in [1.807, 2.05) is 18.7 Å². The minimum atomic E-state index is -0.246. The number of nitrogen functional groups attached to an aromatic ring is 1. The predicted octanol–water partition coefficient (Wildman–Crippen LogP) is -0.858. The Hall–Kier alpha value is -1.71. The van der Waals surface area contributed by atoms with Crippen LogP contribution < -0.4 is 20.9 Å². The van der Waals surface area contributed by atoms with Crippen molar-refractivity contribution >= 4 is 11.9 Å². The SMILES string of the molecule is CC(C)Oc1nc(NN)nc(N2CCOC(CO)C2)n1. The van der Waals surface area contributed by atoms with E-state index in [4.69, 9.17) is 20.4 Å². The number of nitrogens with zero attached hydrogens (tertiary/aromatic N) is 4. The van der Waals surface area contributed by atoms with Crippen molar-refractivity contribution in [3.8, 4) is 6.01 Å². The smallest absolute Gasteiger partial charge is 0.323 e. The number of nitrogens with two attached hydrogens (primary N) is 1. The summed E-state index contributed by atoms with van der Waals surface area (Å²) in [6.45, 7) is 5.37. The highest BCUT2D eigenvalue weighted by molar-refractivity contribution is 5.38. The maximum atomic E-state index is 9.17. The van der Waals surface area contributed by atoms with E-state index < -0.39 is 0 Å². The minimum absolute atomic E-state index is 0.0427. The van der Waals surface area contributed by atoms with Crippen LogP contribution in [0.15, 0.2) is 0 Å². The Balaban J connectivity index is 2.20. The molecule has 9 nitrogen and oxygen atoms in total. The molecule has 0 aliphatic carbocycles. The standard InChI is InChI=1S/C11H20N6O3/c1-7(2)20-11-14-9(16-12)13-10(15-11)17-3-4-19-8(5-17)6-18/h7-8,18H,3-6,12H2,1-2H3,(H,13,14,15,16). The molecule has 1 aromatic rings. The summed E-state index contributed by atoms with van der Waals surface area (Å²) >= 11 is 0. The first-order chi connectivity index (χ1) is 9.62. The van der Waals surface area contributed by atoms with Crippen molar-refractivity contribution in [3.05, 3.63) is 0 Å². The van der Waals surface area contributed by atoms with Crippen molar-refractivity contribution in [2.24, 2.45) is 5.84 Å². The molecular weight excluding hydrogens is 264 g/mol. The van der Waals surface area contributed by atoms with Crippen LogP contribution in [-0.4, -0.2) is 58.6 Å². The van der Waals surface area contributed by atoms with Crippen LogP contribution in [-0.2, 0) is 4.74 Å². The van der Waals surface area contributed by atoms with Gasteiger partial charge in [-0.1, -0.05) is 0 Å². The van der Waals surface area contributed by atoms with Gasteiger partial charge in [0.2, 0.25) is 11.9 Å². The number of aliphatic hydroxyl groups excluding tert-OH is 1. The Labute approximate surface area is 117 Å². The Bertz CT molecular complexity index is 444. The van der Waals surface area contributed by atoms with Crippen LogP contribution in [0.1, 0.15) is 13.8 Å². The predicted molar refractivity (Wildman–Crippen MR) is 72.4 cm³/mol. The molecule has 2 heterocycles. The van der Waals surface area contributed by atoms with E-state index in [1.54, 1.807) is 0 Å². The molecule has 1 saturated heterocycles. The van der Waals surface area contributed by atoms with Crippen LogP contribution in [0.4, 0.5) is 11.9 Å². The second kappa shape index (κ2) is 6.64. The van der Waals surface area contributed by atoms with Gasteiger partial charge in [0.1, 0.15) is 0 Å². The fourth-order valence-electron chi connectivity index (χ4n) is 1.83. The van der Waals surface area contributed by atoms with Crippen molar-refractivity contribution in [1.29, 1.82) is 0 Å². The van der Waals surface area contributed by atoms with Crippen LogP contribution in [0.3, 0.4) is 0 Å². The van der Waals surface area contributed by atoms with Gasteiger partial charge in [-0.05, 0) is 13.8 Å². The number of aliphatic hydroxyl groups is 1. The van der Waals surface area contributed by atoms with Crippen molar-refractivity contribution < 1.29 is 14.6 Å². The zero-order chi connectivity index (χ0) is 14.5. The lowest BCUT2D eigenvalue weighted by Crippen LogP contribution is -2.45. The fourth-order valence-corrected chi connectivity index (χ4v) is 1.83. The Morgan fingerprint density at radius 1 is 1.50 bits per heavy atom. The first-order valence-corrected chi connectivity index (χ1v) is 6.49. The zero-order valence-electron chi connectivity index (χ0n) is 11.6. The molecule has 20 heavy (non-hydrogen) atoms. The van der Waals surface area contributed by atoms with Crippen molar-refractivity contribution in [2.45, 2.75) is 26.1 Å². The molecule has 1 aliphatic rings. The molecule has 0 amide bonds. The number of anilines is 2. The van der Waals surface area contributed by atoms with Gasteiger partial charge in [0.05, 0.1) is 25.4 Å². The van der Waals surface area contributed by atoms with Crippen LogP contribution in [0.5, 0.6) is 6.01 Å². The molecule has 0 radical (unpaired) electrons. The molecule has 1 aromatic heterocycles. The average Bonchev–Trinajstić information content (AvgIpc) is 2.46. The molecule has 0 aromatic carbocycles. The second-order valence-electron chi connectivity index (χ2n) is 4.67. The summed E-state index contributed by atoms with van der Waals surface area (Å²) in [6, 6.07) is 0.213. The van der Waals surface area contributed by atoms with Gasteiger partial charge in [-0.3, -0.25) is 5.43 Å². The van der Waals surface area contributed by atoms with Gasteiger partial charge in [0, 0.05) is 13.1 Å². The summed E-state index contributed by atoms with van der Waals surface area (Å²) in [5.74, 6) is 6.04.